The Bertz CT molecular complexity index is 333. The lowest BCUT2D eigenvalue weighted by atomic mass is 10.2. The molecule has 0 spiro atoms. The maximum absolute atomic E-state index is 10.5. The van der Waals surface area contributed by atoms with E-state index in [9.17, 15) is 8.42 Å². The second kappa shape index (κ2) is 5.35. The largest absolute Gasteiger partial charge is 0.306 e. The van der Waals surface area contributed by atoms with Gasteiger partial charge in [0.15, 0.2) is 22.2 Å². The van der Waals surface area contributed by atoms with Gasteiger partial charge in [0.2, 0.25) is 0 Å². The van der Waals surface area contributed by atoms with Crippen molar-refractivity contribution in [3.8, 4) is 0 Å². The van der Waals surface area contributed by atoms with Crippen molar-refractivity contribution in [2.75, 3.05) is 0 Å². The smallest absolute Gasteiger partial charge is 0.157 e. The third kappa shape index (κ3) is 4.10. The number of hydrogen-bond donors (Lipinski definition) is 2. The Labute approximate surface area is 86.9 Å². The molecule has 2 unspecified atom stereocenters. The first-order chi connectivity index (χ1) is 6.58. The minimum Gasteiger partial charge on any atom is -0.306 e. The van der Waals surface area contributed by atoms with Crippen molar-refractivity contribution in [2.45, 2.75) is 11.5 Å². The molecule has 0 amide bonds. The van der Waals surface area contributed by atoms with Crippen LogP contribution in [0.1, 0.15) is 11.1 Å². The van der Waals surface area contributed by atoms with Crippen molar-refractivity contribution in [2.24, 2.45) is 0 Å². The van der Waals surface area contributed by atoms with Crippen LogP contribution in [0.25, 0.3) is 0 Å². The molecular weight excluding hydrogens is 224 g/mol. The SMILES string of the molecule is O=S(O)Cc1cccc(CS(=O)O)c1. The Hall–Kier alpha value is -0.560. The van der Waals surface area contributed by atoms with Crippen LogP contribution in [-0.4, -0.2) is 17.5 Å². The molecule has 0 fully saturated rings. The summed E-state index contributed by atoms with van der Waals surface area (Å²) in [5.41, 5.74) is 1.38. The highest BCUT2D eigenvalue weighted by Crippen LogP contribution is 2.08. The summed E-state index contributed by atoms with van der Waals surface area (Å²) in [6.45, 7) is 0. The van der Waals surface area contributed by atoms with Crippen LogP contribution in [0.2, 0.25) is 0 Å². The molecule has 1 aromatic rings. The highest BCUT2D eigenvalue weighted by molar-refractivity contribution is 7.78. The van der Waals surface area contributed by atoms with E-state index in [1.54, 1.807) is 24.3 Å². The molecule has 78 valence electrons. The third-order valence-electron chi connectivity index (χ3n) is 1.57. The van der Waals surface area contributed by atoms with Crippen molar-refractivity contribution in [3.63, 3.8) is 0 Å². The van der Waals surface area contributed by atoms with E-state index in [0.29, 0.717) is 11.1 Å². The third-order valence-corrected chi connectivity index (χ3v) is 2.73. The molecule has 1 aromatic carbocycles. The van der Waals surface area contributed by atoms with E-state index in [1.165, 1.54) is 0 Å². The van der Waals surface area contributed by atoms with Gasteiger partial charge in [-0.2, -0.15) is 0 Å². The normalized spacial score (nSPS) is 15.0. The fourth-order valence-electron chi connectivity index (χ4n) is 1.09. The molecule has 0 aliphatic rings. The van der Waals surface area contributed by atoms with Crippen molar-refractivity contribution in [1.29, 1.82) is 0 Å². The van der Waals surface area contributed by atoms with Crippen molar-refractivity contribution in [3.05, 3.63) is 35.4 Å². The van der Waals surface area contributed by atoms with E-state index < -0.39 is 22.2 Å². The van der Waals surface area contributed by atoms with Gasteiger partial charge in [0.05, 0.1) is 11.5 Å². The lowest BCUT2D eigenvalue weighted by molar-refractivity contribution is 0.562. The van der Waals surface area contributed by atoms with Gasteiger partial charge in [-0.3, -0.25) is 0 Å². The Kier molecular flexibility index (Phi) is 4.40. The molecule has 2 atom stereocenters. The maximum Gasteiger partial charge on any atom is 0.157 e. The first-order valence-electron chi connectivity index (χ1n) is 3.80. The van der Waals surface area contributed by atoms with Gasteiger partial charge in [-0.05, 0) is 11.1 Å². The first kappa shape index (κ1) is 11.5. The second-order valence-corrected chi connectivity index (χ2v) is 4.61. The Balaban J connectivity index is 2.78. The maximum atomic E-state index is 10.5. The van der Waals surface area contributed by atoms with Crippen molar-refractivity contribution < 1.29 is 17.5 Å². The molecule has 4 nitrogen and oxygen atoms in total. The molecule has 0 bridgehead atoms. The molecule has 0 aromatic heterocycles. The zero-order valence-electron chi connectivity index (χ0n) is 7.25. The summed E-state index contributed by atoms with van der Waals surface area (Å²) >= 11 is -3.75. The lowest BCUT2D eigenvalue weighted by Gasteiger charge is -2.01. The molecule has 14 heavy (non-hydrogen) atoms. The number of benzene rings is 1. The van der Waals surface area contributed by atoms with Crippen LogP contribution >= 0.6 is 0 Å². The average molecular weight is 234 g/mol. The standard InChI is InChI=1S/C8H10O4S2/c9-13(10)5-7-2-1-3-8(4-7)6-14(11)12/h1-4H,5-6H2,(H,9,10)(H,11,12). The summed E-state index contributed by atoms with van der Waals surface area (Å²) in [5.74, 6) is 0.0950. The minimum absolute atomic E-state index is 0.0475. The number of hydrogen-bond acceptors (Lipinski definition) is 2. The molecule has 0 saturated heterocycles. The molecule has 2 N–H and O–H groups in total. The average Bonchev–Trinajstić information content (AvgIpc) is 2.01. The van der Waals surface area contributed by atoms with E-state index in [4.69, 9.17) is 9.11 Å². The Morgan fingerprint density at radius 3 is 1.79 bits per heavy atom. The summed E-state index contributed by atoms with van der Waals surface area (Å²) in [6.07, 6.45) is 0. The van der Waals surface area contributed by atoms with Crippen LogP contribution in [0, 0.1) is 0 Å². The predicted molar refractivity (Wildman–Crippen MR) is 55.4 cm³/mol. The molecule has 1 rings (SSSR count). The molecule has 0 heterocycles. The van der Waals surface area contributed by atoms with E-state index >= 15 is 0 Å². The molecule has 0 aliphatic carbocycles. The van der Waals surface area contributed by atoms with Gasteiger partial charge in [0.25, 0.3) is 0 Å². The topological polar surface area (TPSA) is 74.6 Å². The fraction of sp³-hybridized carbons (Fsp3) is 0.250. The monoisotopic (exact) mass is 234 g/mol. The van der Waals surface area contributed by atoms with Gasteiger partial charge in [0.1, 0.15) is 0 Å². The molecule has 0 aliphatic heterocycles. The van der Waals surface area contributed by atoms with Crippen LogP contribution in [-0.2, 0) is 33.7 Å². The fourth-order valence-corrected chi connectivity index (χ4v) is 2.02. The molecule has 0 radical (unpaired) electrons. The van der Waals surface area contributed by atoms with Crippen molar-refractivity contribution in [1.82, 2.24) is 0 Å². The second-order valence-electron chi connectivity index (χ2n) is 2.75. The van der Waals surface area contributed by atoms with E-state index in [2.05, 4.69) is 0 Å². The van der Waals surface area contributed by atoms with Gasteiger partial charge in [-0.1, -0.05) is 24.3 Å². The van der Waals surface area contributed by atoms with Gasteiger partial charge < -0.3 is 9.11 Å². The number of rotatable bonds is 4. The van der Waals surface area contributed by atoms with Crippen LogP contribution in [0.4, 0.5) is 0 Å². The molecular formula is C8H10O4S2. The molecule has 0 saturated carbocycles. The summed E-state index contributed by atoms with van der Waals surface area (Å²) in [7, 11) is 0. The minimum atomic E-state index is -1.88. The quantitative estimate of drug-likeness (QED) is 0.766. The van der Waals surface area contributed by atoms with Crippen LogP contribution < -0.4 is 0 Å². The van der Waals surface area contributed by atoms with Crippen LogP contribution in [0.15, 0.2) is 24.3 Å². The first-order valence-corrected chi connectivity index (χ1v) is 6.36. The lowest BCUT2D eigenvalue weighted by Crippen LogP contribution is -1.96. The van der Waals surface area contributed by atoms with Gasteiger partial charge in [-0.15, -0.1) is 0 Å². The predicted octanol–water partition coefficient (Wildman–Crippen LogP) is 1.13. The van der Waals surface area contributed by atoms with Crippen LogP contribution in [0.3, 0.4) is 0 Å². The molecule has 6 heteroatoms. The summed E-state index contributed by atoms with van der Waals surface area (Å²) in [6, 6.07) is 6.77. The van der Waals surface area contributed by atoms with Gasteiger partial charge in [0, 0.05) is 0 Å². The van der Waals surface area contributed by atoms with E-state index in [1.807, 2.05) is 0 Å². The highest BCUT2D eigenvalue weighted by atomic mass is 32.2. The van der Waals surface area contributed by atoms with Crippen LogP contribution in [0.5, 0.6) is 0 Å². The summed E-state index contributed by atoms with van der Waals surface area (Å²) in [4.78, 5) is 0. The highest BCUT2D eigenvalue weighted by Gasteiger charge is 2.01. The Morgan fingerprint density at radius 2 is 1.43 bits per heavy atom. The van der Waals surface area contributed by atoms with Gasteiger partial charge >= 0.3 is 0 Å². The van der Waals surface area contributed by atoms with E-state index in [-0.39, 0.29) is 11.5 Å². The summed E-state index contributed by atoms with van der Waals surface area (Å²) < 4.78 is 38.3. The van der Waals surface area contributed by atoms with Crippen molar-refractivity contribution >= 4 is 22.2 Å². The Morgan fingerprint density at radius 1 is 1.00 bits per heavy atom. The van der Waals surface area contributed by atoms with Gasteiger partial charge in [-0.25, -0.2) is 8.42 Å². The zero-order valence-corrected chi connectivity index (χ0v) is 8.88. The zero-order chi connectivity index (χ0) is 10.6. The summed E-state index contributed by atoms with van der Waals surface area (Å²) in [5, 5.41) is 0. The van der Waals surface area contributed by atoms with E-state index in [0.717, 1.165) is 0 Å².